The van der Waals surface area contributed by atoms with Gasteiger partial charge in [0, 0.05) is 6.08 Å². The van der Waals surface area contributed by atoms with E-state index in [0.29, 0.717) is 6.61 Å². The summed E-state index contributed by atoms with van der Waals surface area (Å²) in [6.07, 6.45) is 43.9. The predicted octanol–water partition coefficient (Wildman–Crippen LogP) is 12.8. The molecule has 0 aromatic carbocycles. The van der Waals surface area contributed by atoms with Crippen molar-refractivity contribution in [3.05, 3.63) is 72.4 Å². The Hall–Kier alpha value is -2.09. The number of esters is 1. The maximum atomic E-state index is 11.9. The first-order chi connectivity index (χ1) is 20.3. The molecule has 2 heteroatoms. The van der Waals surface area contributed by atoms with Crippen molar-refractivity contribution >= 4 is 5.97 Å². The summed E-state index contributed by atoms with van der Waals surface area (Å²) in [6, 6.07) is 0. The van der Waals surface area contributed by atoms with E-state index in [1.54, 1.807) is 6.08 Å². The van der Waals surface area contributed by atoms with Crippen molar-refractivity contribution < 1.29 is 9.53 Å². The Labute approximate surface area is 262 Å². The van der Waals surface area contributed by atoms with Crippen molar-refractivity contribution in [2.24, 2.45) is 17.8 Å². The summed E-state index contributed by atoms with van der Waals surface area (Å²) < 4.78 is 5.31. The summed E-state index contributed by atoms with van der Waals surface area (Å²) in [5.41, 5.74) is 1.31. The molecular formula is C40H68O2. The van der Waals surface area contributed by atoms with Gasteiger partial charge in [-0.05, 0) is 56.4 Å². The molecule has 0 saturated heterocycles. The highest BCUT2D eigenvalue weighted by molar-refractivity contribution is 5.82. The molecule has 0 radical (unpaired) electrons. The van der Waals surface area contributed by atoms with E-state index in [2.05, 4.69) is 59.8 Å². The van der Waals surface area contributed by atoms with E-state index in [0.717, 1.165) is 30.6 Å². The van der Waals surface area contributed by atoms with Crippen LogP contribution in [0.15, 0.2) is 72.4 Å². The largest absolute Gasteiger partial charge is 0.458 e. The smallest absolute Gasteiger partial charge is 0.331 e. The summed E-state index contributed by atoms with van der Waals surface area (Å²) in [5, 5.41) is 0. The molecule has 0 heterocycles. The molecule has 0 fully saturated rings. The normalized spacial score (nSPS) is 14.5. The van der Waals surface area contributed by atoms with Crippen molar-refractivity contribution in [1.29, 1.82) is 0 Å². The zero-order valence-corrected chi connectivity index (χ0v) is 28.6. The fourth-order valence-electron chi connectivity index (χ4n) is 5.04. The molecule has 2 nitrogen and oxygen atoms in total. The third kappa shape index (κ3) is 30.9. The molecule has 0 bridgehead atoms. The Bertz CT molecular complexity index is 792. The lowest BCUT2D eigenvalue weighted by Crippen LogP contribution is -2.01. The summed E-state index contributed by atoms with van der Waals surface area (Å²) in [6.45, 7) is 14.2. The summed E-state index contributed by atoms with van der Waals surface area (Å²) >= 11 is 0. The van der Waals surface area contributed by atoms with Crippen molar-refractivity contribution in [1.82, 2.24) is 0 Å². The van der Waals surface area contributed by atoms with Gasteiger partial charge in [0.15, 0.2) is 0 Å². The highest BCUT2D eigenvalue weighted by Crippen LogP contribution is 2.22. The van der Waals surface area contributed by atoms with E-state index in [1.807, 2.05) is 36.5 Å². The topological polar surface area (TPSA) is 26.3 Å². The number of ether oxygens (including phenoxy) is 1. The third-order valence-electron chi connectivity index (χ3n) is 7.92. The van der Waals surface area contributed by atoms with Crippen molar-refractivity contribution in [3.8, 4) is 0 Å². The number of hydrogen-bond donors (Lipinski definition) is 0. The fourth-order valence-corrected chi connectivity index (χ4v) is 5.04. The van der Waals surface area contributed by atoms with Crippen LogP contribution in [0.2, 0.25) is 0 Å². The van der Waals surface area contributed by atoms with Gasteiger partial charge in [0.2, 0.25) is 0 Å². The lowest BCUT2D eigenvalue weighted by atomic mass is 9.91. The van der Waals surface area contributed by atoms with E-state index < -0.39 is 0 Å². The van der Waals surface area contributed by atoms with E-state index >= 15 is 0 Å². The highest BCUT2D eigenvalue weighted by atomic mass is 16.5. The molecule has 0 saturated carbocycles. The summed E-state index contributed by atoms with van der Waals surface area (Å²) in [5.74, 6) is 2.20. The molecule has 42 heavy (non-hydrogen) atoms. The van der Waals surface area contributed by atoms with Crippen molar-refractivity contribution in [3.63, 3.8) is 0 Å². The Morgan fingerprint density at radius 2 is 1.14 bits per heavy atom. The van der Waals surface area contributed by atoms with Gasteiger partial charge in [0.05, 0.1) is 0 Å². The van der Waals surface area contributed by atoms with E-state index in [-0.39, 0.29) is 5.97 Å². The Morgan fingerprint density at radius 1 is 0.619 bits per heavy atom. The van der Waals surface area contributed by atoms with Gasteiger partial charge in [-0.15, -0.1) is 0 Å². The average Bonchev–Trinajstić information content (AvgIpc) is 2.94. The van der Waals surface area contributed by atoms with Crippen LogP contribution in [0.25, 0.3) is 0 Å². The highest BCUT2D eigenvalue weighted by Gasteiger charge is 2.07. The fraction of sp³-hybridized carbons (Fsp3) is 0.675. The maximum absolute atomic E-state index is 11.9. The molecule has 2 atom stereocenters. The van der Waals surface area contributed by atoms with Crippen LogP contribution in [-0.4, -0.2) is 12.6 Å². The van der Waals surface area contributed by atoms with Crippen LogP contribution in [0.3, 0.4) is 0 Å². The van der Waals surface area contributed by atoms with Crippen LogP contribution in [-0.2, 0) is 9.53 Å². The van der Waals surface area contributed by atoms with E-state index in [1.165, 1.54) is 108 Å². The van der Waals surface area contributed by atoms with Gasteiger partial charge in [0.25, 0.3) is 0 Å². The molecular weight excluding hydrogens is 512 g/mol. The van der Waals surface area contributed by atoms with Gasteiger partial charge in [0.1, 0.15) is 6.61 Å². The number of carbonyl (C=O) groups excluding carboxylic acids is 1. The second-order valence-electron chi connectivity index (χ2n) is 12.9. The minimum atomic E-state index is -0.300. The minimum Gasteiger partial charge on any atom is -0.458 e. The lowest BCUT2D eigenvalue weighted by Gasteiger charge is -2.15. The first-order valence-electron chi connectivity index (χ1n) is 17.5. The summed E-state index contributed by atoms with van der Waals surface area (Å²) in [4.78, 5) is 11.9. The molecule has 0 aliphatic heterocycles. The second kappa shape index (κ2) is 30.4. The Balaban J connectivity index is 3.85. The molecule has 2 unspecified atom stereocenters. The molecule has 0 amide bonds. The molecule has 0 aromatic heterocycles. The monoisotopic (exact) mass is 581 g/mol. The number of carbonyl (C=O) groups is 1. The third-order valence-corrected chi connectivity index (χ3v) is 7.92. The van der Waals surface area contributed by atoms with Crippen LogP contribution >= 0.6 is 0 Å². The van der Waals surface area contributed by atoms with E-state index in [4.69, 9.17) is 4.74 Å². The first kappa shape index (κ1) is 39.9. The number of allylic oxidation sites excluding steroid dienone is 10. The quantitative estimate of drug-likeness (QED) is 0.0317. The number of unbranched alkanes of at least 4 members (excludes halogenated alkanes) is 7. The number of rotatable bonds is 27. The Kier molecular flexibility index (Phi) is 28.9. The van der Waals surface area contributed by atoms with E-state index in [9.17, 15) is 4.79 Å². The zero-order valence-electron chi connectivity index (χ0n) is 28.6. The van der Waals surface area contributed by atoms with Crippen LogP contribution in [0.5, 0.6) is 0 Å². The van der Waals surface area contributed by atoms with Crippen LogP contribution in [0.1, 0.15) is 151 Å². The van der Waals surface area contributed by atoms with Gasteiger partial charge in [-0.3, -0.25) is 0 Å². The molecule has 0 spiro atoms. The lowest BCUT2D eigenvalue weighted by molar-refractivity contribution is -0.136. The number of hydrogen-bond acceptors (Lipinski definition) is 2. The zero-order chi connectivity index (χ0) is 31.1. The van der Waals surface area contributed by atoms with Crippen LogP contribution in [0.4, 0.5) is 0 Å². The second-order valence-corrected chi connectivity index (χ2v) is 12.9. The van der Waals surface area contributed by atoms with Gasteiger partial charge in [-0.1, -0.05) is 178 Å². The van der Waals surface area contributed by atoms with Gasteiger partial charge >= 0.3 is 5.97 Å². The molecule has 0 rings (SSSR count). The van der Waals surface area contributed by atoms with Crippen LogP contribution < -0.4 is 0 Å². The molecule has 0 aromatic rings. The molecule has 0 N–H and O–H groups in total. The predicted molar refractivity (Wildman–Crippen MR) is 188 cm³/mol. The molecule has 0 aliphatic rings. The molecule has 240 valence electrons. The van der Waals surface area contributed by atoms with Crippen LogP contribution in [0, 0.1) is 17.8 Å². The van der Waals surface area contributed by atoms with Crippen molar-refractivity contribution in [2.75, 3.05) is 6.61 Å². The first-order valence-corrected chi connectivity index (χ1v) is 17.5. The standard InChI is InChI=1S/C40H68O2/c1-7-8-9-10-11-12-13-14-15-16-17-18-19-20-21-22-23-33-40(41)42-35-34-39(6)32-26-31-38(5)30-25-29-37(4)28-24-27-36(2)3/h15-23,33-34,36-38H,7-14,24-32,35H2,1-6H3. The van der Waals surface area contributed by atoms with Gasteiger partial charge in [-0.25, -0.2) is 4.79 Å². The maximum Gasteiger partial charge on any atom is 0.331 e. The van der Waals surface area contributed by atoms with Crippen molar-refractivity contribution in [2.45, 2.75) is 151 Å². The summed E-state index contributed by atoms with van der Waals surface area (Å²) in [7, 11) is 0. The van der Waals surface area contributed by atoms with Gasteiger partial charge < -0.3 is 4.74 Å². The van der Waals surface area contributed by atoms with Gasteiger partial charge in [-0.2, -0.15) is 0 Å². The average molecular weight is 581 g/mol. The Morgan fingerprint density at radius 3 is 1.76 bits per heavy atom. The SMILES string of the molecule is CCCCCCCCCC=CC=CC=CC=CC=CC(=O)OCC=C(C)CCCC(C)CCCC(C)CCCC(C)C. The minimum absolute atomic E-state index is 0.300. The molecule has 0 aliphatic carbocycles.